The van der Waals surface area contributed by atoms with Crippen LogP contribution in [0.3, 0.4) is 0 Å². The van der Waals surface area contributed by atoms with Gasteiger partial charge in [0.25, 0.3) is 0 Å². The maximum Gasteiger partial charge on any atom is 0.314 e. The van der Waals surface area contributed by atoms with Gasteiger partial charge in [0.1, 0.15) is 24.4 Å². The SMILES string of the molecule is CCOC(=O)C(C)(C)[C@]1(N=[N+]=[N-])O[C@@H]([C@H]2COC(C)(C)O2)[C@@H]2OC(C)(C)O[C@@H]21. The summed E-state index contributed by atoms with van der Waals surface area (Å²) in [4.78, 5) is 15.8. The summed E-state index contributed by atoms with van der Waals surface area (Å²) in [7, 11) is 0. The van der Waals surface area contributed by atoms with Gasteiger partial charge in [-0.1, -0.05) is 5.11 Å². The van der Waals surface area contributed by atoms with E-state index in [0.29, 0.717) is 0 Å². The summed E-state index contributed by atoms with van der Waals surface area (Å²) in [6.45, 7) is 12.5. The maximum atomic E-state index is 12.8. The zero-order valence-corrected chi connectivity index (χ0v) is 17.4. The fraction of sp³-hybridized carbons (Fsp3) is 0.944. The summed E-state index contributed by atoms with van der Waals surface area (Å²) < 4.78 is 35.3. The molecule has 0 aliphatic carbocycles. The number of hydrogen-bond donors (Lipinski definition) is 0. The van der Waals surface area contributed by atoms with Crippen LogP contribution in [0.4, 0.5) is 0 Å². The number of azide groups is 1. The molecule has 158 valence electrons. The molecule has 0 N–H and O–H groups in total. The molecule has 5 atom stereocenters. The second-order valence-electron chi connectivity index (χ2n) is 8.70. The number of carbonyl (C=O) groups excluding carboxylic acids is 1. The van der Waals surface area contributed by atoms with Gasteiger partial charge in [0.05, 0.1) is 18.6 Å². The lowest BCUT2D eigenvalue weighted by Crippen LogP contribution is -2.56. The highest BCUT2D eigenvalue weighted by Gasteiger charge is 2.71. The zero-order chi connectivity index (χ0) is 21.0. The van der Waals surface area contributed by atoms with Crippen LogP contribution in [0.25, 0.3) is 10.4 Å². The van der Waals surface area contributed by atoms with Crippen LogP contribution >= 0.6 is 0 Å². The molecule has 0 unspecified atom stereocenters. The molecular weight excluding hydrogens is 370 g/mol. The lowest BCUT2D eigenvalue weighted by molar-refractivity contribution is -0.248. The highest BCUT2D eigenvalue weighted by molar-refractivity contribution is 5.78. The summed E-state index contributed by atoms with van der Waals surface area (Å²) >= 11 is 0. The molecule has 3 saturated heterocycles. The molecule has 0 aromatic rings. The first kappa shape index (κ1) is 21.3. The van der Waals surface area contributed by atoms with E-state index < -0.39 is 53.1 Å². The van der Waals surface area contributed by atoms with E-state index in [-0.39, 0.29) is 13.2 Å². The lowest BCUT2D eigenvalue weighted by Gasteiger charge is -2.41. The van der Waals surface area contributed by atoms with Gasteiger partial charge < -0.3 is 28.4 Å². The molecule has 3 aliphatic heterocycles. The van der Waals surface area contributed by atoms with Gasteiger partial charge >= 0.3 is 5.97 Å². The first-order chi connectivity index (χ1) is 12.9. The maximum absolute atomic E-state index is 12.8. The van der Waals surface area contributed by atoms with Crippen LogP contribution < -0.4 is 0 Å². The van der Waals surface area contributed by atoms with Crippen molar-refractivity contribution in [1.29, 1.82) is 0 Å². The molecule has 3 fully saturated rings. The Bertz CT molecular complexity index is 689. The van der Waals surface area contributed by atoms with Crippen molar-refractivity contribution in [2.24, 2.45) is 10.5 Å². The number of rotatable bonds is 5. The third kappa shape index (κ3) is 3.28. The molecule has 0 saturated carbocycles. The summed E-state index contributed by atoms with van der Waals surface area (Å²) in [5.74, 6) is -2.29. The standard InChI is InChI=1S/C18H29N3O7/c1-8-23-14(22)15(2,3)18(20-21-19)13-12(26-17(6,7)28-13)11(27-18)10-9-24-16(4,5)25-10/h10-13H,8-9H2,1-7H3/t10-,11+,12+,13+,18-/m1/s1. The van der Waals surface area contributed by atoms with Crippen molar-refractivity contribution < 1.29 is 33.2 Å². The topological polar surface area (TPSA) is 121 Å². The van der Waals surface area contributed by atoms with Crippen molar-refractivity contribution in [3.8, 4) is 0 Å². The molecule has 0 bridgehead atoms. The third-order valence-corrected chi connectivity index (χ3v) is 5.43. The van der Waals surface area contributed by atoms with Gasteiger partial charge in [-0.05, 0) is 54.0 Å². The molecule has 10 nitrogen and oxygen atoms in total. The van der Waals surface area contributed by atoms with E-state index in [4.69, 9.17) is 28.4 Å². The van der Waals surface area contributed by atoms with Crippen molar-refractivity contribution in [2.75, 3.05) is 13.2 Å². The van der Waals surface area contributed by atoms with E-state index >= 15 is 0 Å². The Morgan fingerprint density at radius 3 is 2.36 bits per heavy atom. The summed E-state index contributed by atoms with van der Waals surface area (Å²) in [5.41, 5.74) is 6.31. The number of ether oxygens (including phenoxy) is 6. The van der Waals surface area contributed by atoms with Gasteiger partial charge in [0.15, 0.2) is 17.3 Å². The molecule has 3 aliphatic rings. The Morgan fingerprint density at radius 2 is 1.82 bits per heavy atom. The quantitative estimate of drug-likeness (QED) is 0.301. The summed E-state index contributed by atoms with van der Waals surface area (Å²) in [6.07, 6.45) is -2.58. The smallest absolute Gasteiger partial charge is 0.314 e. The normalized spacial score (nSPS) is 38.7. The molecule has 0 amide bonds. The highest BCUT2D eigenvalue weighted by atomic mass is 16.8. The average Bonchev–Trinajstić information content (AvgIpc) is 3.18. The van der Waals surface area contributed by atoms with Crippen molar-refractivity contribution in [3.05, 3.63) is 10.4 Å². The van der Waals surface area contributed by atoms with Crippen molar-refractivity contribution >= 4 is 5.97 Å². The van der Waals surface area contributed by atoms with Crippen LogP contribution in [-0.2, 0) is 33.2 Å². The monoisotopic (exact) mass is 399 g/mol. The van der Waals surface area contributed by atoms with E-state index in [1.165, 1.54) is 0 Å². The number of hydrogen-bond acceptors (Lipinski definition) is 8. The second-order valence-corrected chi connectivity index (χ2v) is 8.70. The third-order valence-electron chi connectivity index (χ3n) is 5.43. The van der Waals surface area contributed by atoms with Gasteiger partial charge in [0.2, 0.25) is 0 Å². The van der Waals surface area contributed by atoms with E-state index in [0.717, 1.165) is 0 Å². The Morgan fingerprint density at radius 1 is 1.14 bits per heavy atom. The molecule has 0 aromatic heterocycles. The lowest BCUT2D eigenvalue weighted by atomic mass is 9.77. The predicted octanol–water partition coefficient (Wildman–Crippen LogP) is 2.65. The molecule has 0 radical (unpaired) electrons. The summed E-state index contributed by atoms with van der Waals surface area (Å²) in [6, 6.07) is 0. The molecule has 3 rings (SSSR count). The molecular formula is C18H29N3O7. The molecule has 10 heteroatoms. The Hall–Kier alpha value is -1.42. The number of carbonyl (C=O) groups is 1. The molecule has 0 spiro atoms. The van der Waals surface area contributed by atoms with Crippen LogP contribution in [0.1, 0.15) is 48.5 Å². The Kier molecular flexibility index (Phi) is 5.19. The molecule has 0 aromatic carbocycles. The Balaban J connectivity index is 2.05. The van der Waals surface area contributed by atoms with E-state index in [1.807, 2.05) is 0 Å². The van der Waals surface area contributed by atoms with E-state index in [2.05, 4.69) is 10.0 Å². The average molecular weight is 399 g/mol. The minimum absolute atomic E-state index is 0.183. The number of esters is 1. The summed E-state index contributed by atoms with van der Waals surface area (Å²) in [5, 5.41) is 3.95. The number of fused-ring (bicyclic) bond motifs is 1. The van der Waals surface area contributed by atoms with Gasteiger partial charge in [-0.15, -0.1) is 0 Å². The number of nitrogens with zero attached hydrogens (tertiary/aromatic N) is 3. The van der Waals surface area contributed by atoms with Gasteiger partial charge in [-0.3, -0.25) is 4.79 Å². The fourth-order valence-electron chi connectivity index (χ4n) is 4.07. The van der Waals surface area contributed by atoms with Gasteiger partial charge in [-0.2, -0.15) is 0 Å². The Labute approximate surface area is 164 Å². The van der Waals surface area contributed by atoms with Crippen LogP contribution in [-0.4, -0.2) is 60.9 Å². The van der Waals surface area contributed by atoms with Crippen LogP contribution in [0, 0.1) is 5.41 Å². The fourth-order valence-corrected chi connectivity index (χ4v) is 4.07. The molecule has 28 heavy (non-hydrogen) atoms. The van der Waals surface area contributed by atoms with Crippen LogP contribution in [0.2, 0.25) is 0 Å². The predicted molar refractivity (Wildman–Crippen MR) is 95.9 cm³/mol. The minimum atomic E-state index is -1.67. The van der Waals surface area contributed by atoms with Crippen LogP contribution in [0.5, 0.6) is 0 Å². The van der Waals surface area contributed by atoms with Gasteiger partial charge in [0, 0.05) is 4.91 Å². The zero-order valence-electron chi connectivity index (χ0n) is 17.4. The minimum Gasteiger partial charge on any atom is -0.465 e. The first-order valence-electron chi connectivity index (χ1n) is 9.48. The first-order valence-corrected chi connectivity index (χ1v) is 9.48. The largest absolute Gasteiger partial charge is 0.465 e. The molecule has 3 heterocycles. The second kappa shape index (κ2) is 6.83. The van der Waals surface area contributed by atoms with E-state index in [9.17, 15) is 10.3 Å². The van der Waals surface area contributed by atoms with E-state index in [1.54, 1.807) is 48.5 Å². The highest BCUT2D eigenvalue weighted by Crippen LogP contribution is 2.54. The van der Waals surface area contributed by atoms with Crippen molar-refractivity contribution in [2.45, 2.75) is 90.2 Å². The van der Waals surface area contributed by atoms with Gasteiger partial charge in [-0.25, -0.2) is 0 Å². The van der Waals surface area contributed by atoms with Crippen molar-refractivity contribution in [1.82, 2.24) is 0 Å². The van der Waals surface area contributed by atoms with Crippen LogP contribution in [0.15, 0.2) is 5.11 Å². The van der Waals surface area contributed by atoms with Crippen molar-refractivity contribution in [3.63, 3.8) is 0 Å².